The number of carboxylic acid groups (broad SMARTS) is 1. The molecule has 1 aliphatic rings. The minimum Gasteiger partial charge on any atom is -0.496 e. The van der Waals surface area contributed by atoms with Crippen molar-refractivity contribution in [2.24, 2.45) is 0 Å². The second-order valence-corrected chi connectivity index (χ2v) is 8.60. The molecule has 3 aromatic heterocycles. The average molecular weight is 446 g/mol. The van der Waals surface area contributed by atoms with E-state index in [2.05, 4.69) is 27.1 Å². The first-order valence-corrected chi connectivity index (χ1v) is 11.2. The number of H-pyrrole nitrogens is 1. The Labute approximate surface area is 192 Å². The molecular formula is C26H27N3O4. The van der Waals surface area contributed by atoms with Crippen LogP contribution in [0.4, 0.5) is 0 Å². The van der Waals surface area contributed by atoms with E-state index in [1.165, 1.54) is 23.6 Å². The van der Waals surface area contributed by atoms with Crippen LogP contribution in [0.1, 0.15) is 51.4 Å². The number of likely N-dealkylation sites (tertiary alicyclic amines) is 1. The number of fused-ring (bicyclic) bond motifs is 1. The number of aromatic nitrogens is 2. The number of hydrogen-bond acceptors (Lipinski definition) is 5. The zero-order valence-corrected chi connectivity index (χ0v) is 18.6. The lowest BCUT2D eigenvalue weighted by Gasteiger charge is -2.32. The summed E-state index contributed by atoms with van der Waals surface area (Å²) >= 11 is 0. The molecule has 1 saturated heterocycles. The van der Waals surface area contributed by atoms with Crippen molar-refractivity contribution in [2.75, 3.05) is 20.2 Å². The van der Waals surface area contributed by atoms with E-state index in [0.717, 1.165) is 49.1 Å². The Morgan fingerprint density at radius 2 is 2.09 bits per heavy atom. The van der Waals surface area contributed by atoms with Crippen molar-refractivity contribution in [3.8, 4) is 5.75 Å². The van der Waals surface area contributed by atoms with Crippen LogP contribution in [0.2, 0.25) is 0 Å². The fraction of sp³-hybridized carbons (Fsp3) is 0.308. The molecule has 170 valence electrons. The number of carboxylic acids is 1. The molecule has 1 aliphatic heterocycles. The number of rotatable bonds is 7. The van der Waals surface area contributed by atoms with E-state index < -0.39 is 5.97 Å². The lowest BCUT2D eigenvalue weighted by molar-refractivity contribution is 0.0693. The minimum atomic E-state index is -0.966. The van der Waals surface area contributed by atoms with Gasteiger partial charge in [0, 0.05) is 36.3 Å². The molecule has 1 fully saturated rings. The minimum absolute atomic E-state index is 0.210. The maximum atomic E-state index is 11.5. The number of benzene rings is 1. The number of carbonyl (C=O) groups is 1. The molecule has 0 aliphatic carbocycles. The van der Waals surface area contributed by atoms with Gasteiger partial charge in [-0.25, -0.2) is 9.78 Å². The predicted molar refractivity (Wildman–Crippen MR) is 125 cm³/mol. The van der Waals surface area contributed by atoms with Crippen LogP contribution in [0.25, 0.3) is 11.0 Å². The standard InChI is InChI=1S/C26H27N3O4/c1-32-24-20(3-2-4-21(24)26(30)31)15-29-10-6-18(7-11-29)22-14-28-25-23(22)19(5-9-27-25)13-17-8-12-33-16-17/h2-5,8-9,12,14,16,18H,6-7,10-11,13,15H2,1H3,(H,27,28)(H,30,31). The van der Waals surface area contributed by atoms with Crippen molar-refractivity contribution in [1.29, 1.82) is 0 Å². The molecule has 0 spiro atoms. The normalized spacial score (nSPS) is 15.2. The van der Waals surface area contributed by atoms with Crippen LogP contribution < -0.4 is 4.74 Å². The van der Waals surface area contributed by atoms with Crippen LogP contribution in [0, 0.1) is 0 Å². The smallest absolute Gasteiger partial charge is 0.339 e. The van der Waals surface area contributed by atoms with Gasteiger partial charge < -0.3 is 19.2 Å². The number of ether oxygens (including phenoxy) is 1. The lowest BCUT2D eigenvalue weighted by Crippen LogP contribution is -2.32. The maximum Gasteiger partial charge on any atom is 0.339 e. The van der Waals surface area contributed by atoms with Gasteiger partial charge in [-0.1, -0.05) is 12.1 Å². The Hall–Kier alpha value is -3.58. The summed E-state index contributed by atoms with van der Waals surface area (Å²) in [6.07, 6.45) is 10.4. The highest BCUT2D eigenvalue weighted by atomic mass is 16.5. The van der Waals surface area contributed by atoms with Gasteiger partial charge in [-0.3, -0.25) is 4.90 Å². The summed E-state index contributed by atoms with van der Waals surface area (Å²) in [7, 11) is 1.53. The van der Waals surface area contributed by atoms with Crippen molar-refractivity contribution in [2.45, 2.75) is 31.7 Å². The molecule has 33 heavy (non-hydrogen) atoms. The molecule has 5 rings (SSSR count). The highest BCUT2D eigenvalue weighted by Gasteiger charge is 2.25. The van der Waals surface area contributed by atoms with Gasteiger partial charge in [0.2, 0.25) is 0 Å². The molecule has 0 unspecified atom stereocenters. The summed E-state index contributed by atoms with van der Waals surface area (Å²) < 4.78 is 10.7. The summed E-state index contributed by atoms with van der Waals surface area (Å²) in [5, 5.41) is 10.7. The molecule has 4 heterocycles. The summed E-state index contributed by atoms with van der Waals surface area (Å²) in [6, 6.07) is 9.43. The van der Waals surface area contributed by atoms with Gasteiger partial charge in [-0.05, 0) is 66.7 Å². The number of pyridine rings is 1. The van der Waals surface area contributed by atoms with Crippen LogP contribution in [-0.2, 0) is 13.0 Å². The third-order valence-corrected chi connectivity index (χ3v) is 6.62. The Morgan fingerprint density at radius 1 is 1.24 bits per heavy atom. The summed E-state index contributed by atoms with van der Waals surface area (Å²) in [6.45, 7) is 2.56. The zero-order valence-electron chi connectivity index (χ0n) is 18.6. The molecule has 1 aromatic carbocycles. The first-order valence-electron chi connectivity index (χ1n) is 11.2. The van der Waals surface area contributed by atoms with E-state index in [-0.39, 0.29) is 5.56 Å². The largest absolute Gasteiger partial charge is 0.496 e. The monoisotopic (exact) mass is 445 g/mol. The Morgan fingerprint density at radius 3 is 2.82 bits per heavy atom. The first kappa shape index (κ1) is 21.3. The summed E-state index contributed by atoms with van der Waals surface area (Å²) in [5.74, 6) is -0.0557. The van der Waals surface area contributed by atoms with Gasteiger partial charge in [0.25, 0.3) is 0 Å². The highest BCUT2D eigenvalue weighted by molar-refractivity contribution is 5.91. The van der Waals surface area contributed by atoms with Gasteiger partial charge in [-0.15, -0.1) is 0 Å². The highest BCUT2D eigenvalue weighted by Crippen LogP contribution is 2.36. The van der Waals surface area contributed by atoms with Gasteiger partial charge >= 0.3 is 5.97 Å². The zero-order chi connectivity index (χ0) is 22.8. The molecule has 7 nitrogen and oxygen atoms in total. The first-order chi connectivity index (χ1) is 16.1. The lowest BCUT2D eigenvalue weighted by atomic mass is 9.87. The SMILES string of the molecule is COc1c(CN2CCC(c3c[nH]c4nccc(Cc5ccoc5)c34)CC2)cccc1C(=O)O. The van der Waals surface area contributed by atoms with Gasteiger partial charge in [-0.2, -0.15) is 0 Å². The van der Waals surface area contributed by atoms with Crippen molar-refractivity contribution in [3.63, 3.8) is 0 Å². The van der Waals surface area contributed by atoms with E-state index in [4.69, 9.17) is 9.15 Å². The fourth-order valence-corrected chi connectivity index (χ4v) is 5.00. The fourth-order valence-electron chi connectivity index (χ4n) is 5.00. The number of nitrogens with zero attached hydrogens (tertiary/aromatic N) is 2. The molecule has 0 saturated carbocycles. The van der Waals surface area contributed by atoms with Crippen molar-refractivity contribution in [3.05, 3.63) is 83.1 Å². The number of para-hydroxylation sites is 1. The van der Waals surface area contributed by atoms with Crippen LogP contribution in [0.3, 0.4) is 0 Å². The second-order valence-electron chi connectivity index (χ2n) is 8.60. The Kier molecular flexibility index (Phi) is 5.88. The Balaban J connectivity index is 1.32. The topological polar surface area (TPSA) is 91.6 Å². The molecule has 0 bridgehead atoms. The third kappa shape index (κ3) is 4.24. The molecule has 0 atom stereocenters. The summed E-state index contributed by atoms with van der Waals surface area (Å²) in [5.41, 5.74) is 5.80. The van der Waals surface area contributed by atoms with E-state index in [0.29, 0.717) is 18.2 Å². The number of furan rings is 1. The number of nitrogens with one attached hydrogen (secondary N) is 1. The quantitative estimate of drug-likeness (QED) is 0.423. The molecule has 7 heteroatoms. The summed E-state index contributed by atoms with van der Waals surface area (Å²) in [4.78, 5) is 21.8. The molecule has 2 N–H and O–H groups in total. The number of aromatic amines is 1. The van der Waals surface area contributed by atoms with Crippen LogP contribution in [-0.4, -0.2) is 46.1 Å². The van der Waals surface area contributed by atoms with E-state index in [1.54, 1.807) is 24.7 Å². The third-order valence-electron chi connectivity index (χ3n) is 6.62. The molecule has 0 radical (unpaired) electrons. The van der Waals surface area contributed by atoms with Crippen molar-refractivity contribution >= 4 is 17.0 Å². The van der Waals surface area contributed by atoms with E-state index in [1.807, 2.05) is 18.3 Å². The molecule has 4 aromatic rings. The predicted octanol–water partition coefficient (Wildman–Crippen LogP) is 4.83. The van der Waals surface area contributed by atoms with Gasteiger partial charge in [0.05, 0.1) is 19.6 Å². The molecule has 0 amide bonds. The number of piperidine rings is 1. The average Bonchev–Trinajstić information content (AvgIpc) is 3.50. The van der Waals surface area contributed by atoms with Crippen molar-refractivity contribution in [1.82, 2.24) is 14.9 Å². The van der Waals surface area contributed by atoms with Crippen LogP contribution in [0.5, 0.6) is 5.75 Å². The number of aromatic carboxylic acids is 1. The van der Waals surface area contributed by atoms with Crippen LogP contribution >= 0.6 is 0 Å². The number of hydrogen-bond donors (Lipinski definition) is 2. The maximum absolute atomic E-state index is 11.5. The van der Waals surface area contributed by atoms with Crippen molar-refractivity contribution < 1.29 is 19.1 Å². The van der Waals surface area contributed by atoms with Crippen LogP contribution in [0.15, 0.2) is 59.7 Å². The van der Waals surface area contributed by atoms with Gasteiger partial charge in [0.15, 0.2) is 0 Å². The second kappa shape index (κ2) is 9.11. The van der Waals surface area contributed by atoms with E-state index >= 15 is 0 Å². The number of methoxy groups -OCH3 is 1. The van der Waals surface area contributed by atoms with E-state index in [9.17, 15) is 9.90 Å². The molecular weight excluding hydrogens is 418 g/mol. The Bertz CT molecular complexity index is 1250. The van der Waals surface area contributed by atoms with Gasteiger partial charge in [0.1, 0.15) is 17.0 Å².